The van der Waals surface area contributed by atoms with Crippen molar-refractivity contribution in [1.82, 2.24) is 10.6 Å². The summed E-state index contributed by atoms with van der Waals surface area (Å²) in [5.41, 5.74) is 0.961. The zero-order valence-electron chi connectivity index (χ0n) is 11.4. The standard InChI is InChI=1S/C15H20N2O2/c1-10-9-12(7-8-16-10)17-15(19)14-6-4-3-5-13(14)11(2)18/h3-6,10,12,16H,7-9H2,1-2H3,(H,17,19). The van der Waals surface area contributed by atoms with Gasteiger partial charge < -0.3 is 10.6 Å². The van der Waals surface area contributed by atoms with E-state index >= 15 is 0 Å². The Morgan fingerprint density at radius 3 is 2.58 bits per heavy atom. The van der Waals surface area contributed by atoms with Crippen molar-refractivity contribution in [2.75, 3.05) is 6.54 Å². The summed E-state index contributed by atoms with van der Waals surface area (Å²) in [4.78, 5) is 23.8. The van der Waals surface area contributed by atoms with Gasteiger partial charge in [0.05, 0.1) is 5.56 Å². The normalized spacial score (nSPS) is 22.8. The Morgan fingerprint density at radius 2 is 1.95 bits per heavy atom. The Hall–Kier alpha value is -1.68. The average molecular weight is 260 g/mol. The van der Waals surface area contributed by atoms with Crippen molar-refractivity contribution >= 4 is 11.7 Å². The highest BCUT2D eigenvalue weighted by atomic mass is 16.2. The van der Waals surface area contributed by atoms with Gasteiger partial charge >= 0.3 is 0 Å². The van der Waals surface area contributed by atoms with E-state index in [2.05, 4.69) is 17.6 Å². The first-order valence-electron chi connectivity index (χ1n) is 6.72. The number of benzene rings is 1. The number of Topliss-reactive ketones (excluding diaryl/α,β-unsaturated/α-hetero) is 1. The van der Waals surface area contributed by atoms with E-state index in [9.17, 15) is 9.59 Å². The highest BCUT2D eigenvalue weighted by molar-refractivity contribution is 6.07. The van der Waals surface area contributed by atoms with Gasteiger partial charge in [0.2, 0.25) is 0 Å². The minimum atomic E-state index is -0.148. The molecule has 19 heavy (non-hydrogen) atoms. The van der Waals surface area contributed by atoms with Gasteiger partial charge in [0.25, 0.3) is 5.91 Å². The maximum absolute atomic E-state index is 12.3. The number of rotatable bonds is 3. The van der Waals surface area contributed by atoms with E-state index in [0.29, 0.717) is 17.2 Å². The lowest BCUT2D eigenvalue weighted by atomic mass is 9.99. The Kier molecular flexibility index (Phi) is 4.32. The van der Waals surface area contributed by atoms with Crippen LogP contribution >= 0.6 is 0 Å². The molecule has 0 aromatic heterocycles. The molecule has 102 valence electrons. The van der Waals surface area contributed by atoms with E-state index in [1.807, 2.05) is 0 Å². The fraction of sp³-hybridized carbons (Fsp3) is 0.467. The lowest BCUT2D eigenvalue weighted by molar-refractivity contribution is 0.0914. The number of carbonyl (C=O) groups is 2. The molecule has 0 bridgehead atoms. The van der Waals surface area contributed by atoms with E-state index < -0.39 is 0 Å². The largest absolute Gasteiger partial charge is 0.349 e. The van der Waals surface area contributed by atoms with Crippen molar-refractivity contribution in [2.24, 2.45) is 0 Å². The Morgan fingerprint density at radius 1 is 1.26 bits per heavy atom. The molecular formula is C15H20N2O2. The summed E-state index contributed by atoms with van der Waals surface area (Å²) in [6.45, 7) is 4.51. The molecule has 2 unspecified atom stereocenters. The number of amides is 1. The van der Waals surface area contributed by atoms with E-state index in [-0.39, 0.29) is 17.7 Å². The number of nitrogens with one attached hydrogen (secondary N) is 2. The first-order chi connectivity index (χ1) is 9.08. The highest BCUT2D eigenvalue weighted by Gasteiger charge is 2.22. The van der Waals surface area contributed by atoms with Crippen LogP contribution in [0, 0.1) is 0 Å². The van der Waals surface area contributed by atoms with Gasteiger partial charge in [0, 0.05) is 17.6 Å². The molecule has 0 spiro atoms. The van der Waals surface area contributed by atoms with Gasteiger partial charge in [-0.15, -0.1) is 0 Å². The number of hydrogen-bond donors (Lipinski definition) is 2. The van der Waals surface area contributed by atoms with Crippen LogP contribution in [-0.2, 0) is 0 Å². The summed E-state index contributed by atoms with van der Waals surface area (Å²) in [7, 11) is 0. The van der Waals surface area contributed by atoms with Gasteiger partial charge in [-0.25, -0.2) is 0 Å². The lowest BCUT2D eigenvalue weighted by Gasteiger charge is -2.28. The molecule has 1 aliphatic rings. The third kappa shape index (κ3) is 3.41. The van der Waals surface area contributed by atoms with Crippen molar-refractivity contribution in [1.29, 1.82) is 0 Å². The van der Waals surface area contributed by atoms with Gasteiger partial charge in [0.1, 0.15) is 0 Å². The van der Waals surface area contributed by atoms with Crippen LogP contribution in [0.15, 0.2) is 24.3 Å². The summed E-state index contributed by atoms with van der Waals surface area (Å²) in [5.74, 6) is -0.227. The van der Waals surface area contributed by atoms with Crippen LogP contribution in [0.2, 0.25) is 0 Å². The molecule has 4 heteroatoms. The Balaban J connectivity index is 2.09. The smallest absolute Gasteiger partial charge is 0.252 e. The molecule has 1 aliphatic heterocycles. The number of piperidine rings is 1. The third-order valence-corrected chi connectivity index (χ3v) is 3.51. The molecule has 1 amide bonds. The van der Waals surface area contributed by atoms with Gasteiger partial charge in [-0.05, 0) is 39.3 Å². The maximum atomic E-state index is 12.3. The van der Waals surface area contributed by atoms with Crippen molar-refractivity contribution in [3.63, 3.8) is 0 Å². The van der Waals surface area contributed by atoms with Crippen LogP contribution < -0.4 is 10.6 Å². The van der Waals surface area contributed by atoms with Crippen LogP contribution in [0.25, 0.3) is 0 Å². The average Bonchev–Trinajstić information content (AvgIpc) is 2.38. The molecule has 0 aliphatic carbocycles. The third-order valence-electron chi connectivity index (χ3n) is 3.51. The number of ketones is 1. The lowest BCUT2D eigenvalue weighted by Crippen LogP contribution is -2.46. The molecule has 0 radical (unpaired) electrons. The van der Waals surface area contributed by atoms with Crippen LogP contribution in [0.3, 0.4) is 0 Å². The molecule has 1 fully saturated rings. The van der Waals surface area contributed by atoms with Crippen LogP contribution in [-0.4, -0.2) is 30.3 Å². The van der Waals surface area contributed by atoms with Gasteiger partial charge in [-0.1, -0.05) is 18.2 Å². The van der Waals surface area contributed by atoms with Gasteiger partial charge in [-0.3, -0.25) is 9.59 Å². The molecule has 2 rings (SSSR count). The zero-order chi connectivity index (χ0) is 13.8. The van der Waals surface area contributed by atoms with E-state index in [4.69, 9.17) is 0 Å². The molecule has 1 saturated heterocycles. The summed E-state index contributed by atoms with van der Waals surface area (Å²) < 4.78 is 0. The first kappa shape index (κ1) is 13.7. The first-order valence-corrected chi connectivity index (χ1v) is 6.72. The van der Waals surface area contributed by atoms with Crippen LogP contribution in [0.4, 0.5) is 0 Å². The van der Waals surface area contributed by atoms with Crippen molar-refractivity contribution in [2.45, 2.75) is 38.8 Å². The Bertz CT molecular complexity index is 485. The molecule has 1 aromatic carbocycles. The molecule has 1 aromatic rings. The van der Waals surface area contributed by atoms with Crippen LogP contribution in [0.5, 0.6) is 0 Å². The van der Waals surface area contributed by atoms with Crippen molar-refractivity contribution in [3.05, 3.63) is 35.4 Å². The van der Waals surface area contributed by atoms with Crippen LogP contribution in [0.1, 0.15) is 47.4 Å². The fourth-order valence-electron chi connectivity index (χ4n) is 2.51. The van der Waals surface area contributed by atoms with E-state index in [0.717, 1.165) is 19.4 Å². The zero-order valence-corrected chi connectivity index (χ0v) is 11.4. The molecule has 4 nitrogen and oxygen atoms in total. The predicted octanol–water partition coefficient (Wildman–Crippen LogP) is 1.76. The summed E-state index contributed by atoms with van der Waals surface area (Å²) >= 11 is 0. The molecule has 2 N–H and O–H groups in total. The summed E-state index contributed by atoms with van der Waals surface area (Å²) in [6, 6.07) is 7.57. The van der Waals surface area contributed by atoms with Gasteiger partial charge in [-0.2, -0.15) is 0 Å². The van der Waals surface area contributed by atoms with Crippen molar-refractivity contribution in [3.8, 4) is 0 Å². The summed E-state index contributed by atoms with van der Waals surface area (Å²) in [6.07, 6.45) is 1.85. The maximum Gasteiger partial charge on any atom is 0.252 e. The monoisotopic (exact) mass is 260 g/mol. The number of hydrogen-bond acceptors (Lipinski definition) is 3. The summed E-state index contributed by atoms with van der Waals surface area (Å²) in [5, 5.41) is 6.38. The molecule has 0 saturated carbocycles. The molecule has 1 heterocycles. The quantitative estimate of drug-likeness (QED) is 0.814. The van der Waals surface area contributed by atoms with Crippen molar-refractivity contribution < 1.29 is 9.59 Å². The highest BCUT2D eigenvalue weighted by Crippen LogP contribution is 2.13. The fourth-order valence-corrected chi connectivity index (χ4v) is 2.51. The number of carbonyl (C=O) groups excluding carboxylic acids is 2. The predicted molar refractivity (Wildman–Crippen MR) is 74.4 cm³/mol. The minimum absolute atomic E-state index is 0.0792. The minimum Gasteiger partial charge on any atom is -0.349 e. The Labute approximate surface area is 113 Å². The second kappa shape index (κ2) is 5.97. The van der Waals surface area contributed by atoms with E-state index in [1.165, 1.54) is 6.92 Å². The second-order valence-electron chi connectivity index (χ2n) is 5.15. The van der Waals surface area contributed by atoms with E-state index in [1.54, 1.807) is 24.3 Å². The second-order valence-corrected chi connectivity index (χ2v) is 5.15. The molecular weight excluding hydrogens is 240 g/mol. The SMILES string of the molecule is CC(=O)c1ccccc1C(=O)NC1CCNC(C)C1. The van der Waals surface area contributed by atoms with Gasteiger partial charge in [0.15, 0.2) is 5.78 Å². The molecule has 2 atom stereocenters. The topological polar surface area (TPSA) is 58.2 Å².